The molecule has 2 aliphatic heterocycles. The van der Waals surface area contributed by atoms with Crippen LogP contribution < -0.4 is 14.8 Å². The Morgan fingerprint density at radius 1 is 1.17 bits per heavy atom. The Balaban J connectivity index is 1.48. The molecule has 0 aliphatic carbocycles. The van der Waals surface area contributed by atoms with Crippen molar-refractivity contribution in [1.29, 1.82) is 0 Å². The van der Waals surface area contributed by atoms with Crippen molar-refractivity contribution in [2.45, 2.75) is 26.2 Å². The van der Waals surface area contributed by atoms with Gasteiger partial charge in [0.05, 0.1) is 13.2 Å². The van der Waals surface area contributed by atoms with E-state index < -0.39 is 0 Å². The summed E-state index contributed by atoms with van der Waals surface area (Å²) in [5, 5.41) is 3.02. The van der Waals surface area contributed by atoms with Gasteiger partial charge in [-0.15, -0.1) is 0 Å². The quantitative estimate of drug-likeness (QED) is 0.941. The number of ether oxygens (including phenoxy) is 2. The summed E-state index contributed by atoms with van der Waals surface area (Å²) < 4.78 is 11.6. The van der Waals surface area contributed by atoms with E-state index in [1.165, 1.54) is 16.7 Å². The van der Waals surface area contributed by atoms with Crippen LogP contribution in [0, 0.1) is 6.92 Å². The molecule has 0 saturated heterocycles. The van der Waals surface area contributed by atoms with Crippen LogP contribution in [-0.4, -0.2) is 25.7 Å². The Labute approximate surface area is 141 Å². The van der Waals surface area contributed by atoms with Crippen molar-refractivity contribution in [2.75, 3.05) is 19.8 Å². The average molecular weight is 323 g/mol. The van der Waals surface area contributed by atoms with Crippen molar-refractivity contribution in [1.82, 2.24) is 5.32 Å². The number of carbonyl (C=O) groups excluding carboxylic acids is 1. The van der Waals surface area contributed by atoms with Crippen molar-refractivity contribution in [3.05, 3.63) is 58.1 Å². The maximum absolute atomic E-state index is 12.3. The third kappa shape index (κ3) is 2.73. The van der Waals surface area contributed by atoms with Crippen LogP contribution in [0.4, 0.5) is 0 Å². The Hall–Kier alpha value is -2.49. The van der Waals surface area contributed by atoms with Gasteiger partial charge in [0.1, 0.15) is 11.5 Å². The van der Waals surface area contributed by atoms with E-state index in [1.54, 1.807) is 0 Å². The summed E-state index contributed by atoms with van der Waals surface area (Å²) in [5.74, 6) is 1.99. The first-order valence-electron chi connectivity index (χ1n) is 8.50. The smallest absolute Gasteiger partial charge is 0.251 e. The first-order valence-corrected chi connectivity index (χ1v) is 8.50. The molecule has 0 bridgehead atoms. The first kappa shape index (κ1) is 15.1. The van der Waals surface area contributed by atoms with E-state index >= 15 is 0 Å². The highest BCUT2D eigenvalue weighted by atomic mass is 16.5. The van der Waals surface area contributed by atoms with Gasteiger partial charge >= 0.3 is 0 Å². The molecule has 2 aliphatic rings. The standard InChI is InChI=1S/C20H21NO3/c1-13-3-2-4-15(11-13)20(22)21-8-5-17-16-7-10-23-18(16)12-14-6-9-24-19(14)17/h2-4,11-12H,5-10H2,1H3,(H,21,22). The van der Waals surface area contributed by atoms with Gasteiger partial charge in [0.25, 0.3) is 5.91 Å². The summed E-state index contributed by atoms with van der Waals surface area (Å²) in [4.78, 5) is 12.3. The number of rotatable bonds is 4. The molecule has 124 valence electrons. The number of amides is 1. The molecule has 0 spiro atoms. The molecule has 0 unspecified atom stereocenters. The first-order chi connectivity index (χ1) is 11.7. The molecule has 0 radical (unpaired) electrons. The van der Waals surface area contributed by atoms with Crippen molar-refractivity contribution in [2.24, 2.45) is 0 Å². The molecule has 2 aromatic carbocycles. The number of aryl methyl sites for hydroxylation is 1. The highest BCUT2D eigenvalue weighted by Gasteiger charge is 2.26. The van der Waals surface area contributed by atoms with Crippen molar-refractivity contribution >= 4 is 5.91 Å². The Bertz CT molecular complexity index is 765. The number of fused-ring (bicyclic) bond motifs is 2. The summed E-state index contributed by atoms with van der Waals surface area (Å²) in [5.41, 5.74) is 5.49. The molecular weight excluding hydrogens is 302 g/mol. The molecule has 0 aromatic heterocycles. The number of benzene rings is 2. The lowest BCUT2D eigenvalue weighted by Crippen LogP contribution is -2.26. The molecule has 4 nitrogen and oxygen atoms in total. The Kier molecular flexibility index (Phi) is 3.89. The van der Waals surface area contributed by atoms with Crippen molar-refractivity contribution in [3.63, 3.8) is 0 Å². The number of hydrogen-bond acceptors (Lipinski definition) is 3. The molecule has 0 saturated carbocycles. The third-order valence-corrected chi connectivity index (χ3v) is 4.70. The second-order valence-corrected chi connectivity index (χ2v) is 6.39. The fourth-order valence-electron chi connectivity index (χ4n) is 3.54. The second-order valence-electron chi connectivity index (χ2n) is 6.39. The summed E-state index contributed by atoms with van der Waals surface area (Å²) >= 11 is 0. The lowest BCUT2D eigenvalue weighted by molar-refractivity contribution is 0.0954. The fourth-order valence-corrected chi connectivity index (χ4v) is 3.54. The van der Waals surface area contributed by atoms with Gasteiger partial charge < -0.3 is 14.8 Å². The van der Waals surface area contributed by atoms with Gasteiger partial charge in [-0.25, -0.2) is 0 Å². The molecule has 0 fully saturated rings. The summed E-state index contributed by atoms with van der Waals surface area (Å²) in [6.07, 6.45) is 2.63. The van der Waals surface area contributed by atoms with E-state index in [2.05, 4.69) is 11.4 Å². The van der Waals surface area contributed by atoms with Gasteiger partial charge in [0.15, 0.2) is 0 Å². The predicted octanol–water partition coefficient (Wildman–Crippen LogP) is 2.84. The molecular formula is C20H21NO3. The van der Waals surface area contributed by atoms with Gasteiger partial charge in [-0.3, -0.25) is 4.79 Å². The van der Waals surface area contributed by atoms with Crippen LogP contribution in [0.1, 0.15) is 32.6 Å². The SMILES string of the molecule is Cc1cccc(C(=O)NCCc2c3c(cc4c2OCC4)OCC3)c1. The highest BCUT2D eigenvalue weighted by molar-refractivity contribution is 5.94. The largest absolute Gasteiger partial charge is 0.493 e. The lowest BCUT2D eigenvalue weighted by atomic mass is 9.97. The number of nitrogens with one attached hydrogen (secondary N) is 1. The number of hydrogen-bond donors (Lipinski definition) is 1. The minimum Gasteiger partial charge on any atom is -0.493 e. The van der Waals surface area contributed by atoms with Gasteiger partial charge in [0, 0.05) is 41.6 Å². The average Bonchev–Trinajstić information content (AvgIpc) is 3.22. The van der Waals surface area contributed by atoms with Crippen LogP contribution in [-0.2, 0) is 19.3 Å². The summed E-state index contributed by atoms with van der Waals surface area (Å²) in [7, 11) is 0. The van der Waals surface area contributed by atoms with E-state index in [9.17, 15) is 4.79 Å². The maximum atomic E-state index is 12.3. The lowest BCUT2D eigenvalue weighted by Gasteiger charge is -2.13. The zero-order valence-electron chi connectivity index (χ0n) is 13.9. The van der Waals surface area contributed by atoms with E-state index in [0.717, 1.165) is 49.5 Å². The molecule has 1 N–H and O–H groups in total. The van der Waals surface area contributed by atoms with Gasteiger partial charge in [-0.2, -0.15) is 0 Å². The predicted molar refractivity (Wildman–Crippen MR) is 92.1 cm³/mol. The normalized spacial score (nSPS) is 14.5. The molecule has 0 atom stereocenters. The minimum absolute atomic E-state index is 0.0277. The molecule has 4 heteroatoms. The van der Waals surface area contributed by atoms with Gasteiger partial charge in [-0.1, -0.05) is 17.7 Å². The Morgan fingerprint density at radius 3 is 2.92 bits per heavy atom. The minimum atomic E-state index is -0.0277. The van der Waals surface area contributed by atoms with Crippen LogP contribution in [0.15, 0.2) is 30.3 Å². The molecule has 2 aromatic rings. The Morgan fingerprint density at radius 2 is 2.04 bits per heavy atom. The van der Waals surface area contributed by atoms with Crippen LogP contribution in [0.2, 0.25) is 0 Å². The summed E-state index contributed by atoms with van der Waals surface area (Å²) in [6, 6.07) is 9.78. The highest BCUT2D eigenvalue weighted by Crippen LogP contribution is 2.40. The zero-order valence-corrected chi connectivity index (χ0v) is 13.9. The third-order valence-electron chi connectivity index (χ3n) is 4.70. The van der Waals surface area contributed by atoms with E-state index in [1.807, 2.05) is 31.2 Å². The van der Waals surface area contributed by atoms with E-state index in [-0.39, 0.29) is 5.91 Å². The van der Waals surface area contributed by atoms with Crippen LogP contribution in [0.5, 0.6) is 11.5 Å². The molecule has 1 amide bonds. The second kappa shape index (κ2) is 6.19. The van der Waals surface area contributed by atoms with E-state index in [0.29, 0.717) is 12.1 Å². The monoisotopic (exact) mass is 323 g/mol. The zero-order chi connectivity index (χ0) is 16.5. The van der Waals surface area contributed by atoms with Crippen molar-refractivity contribution in [3.8, 4) is 11.5 Å². The van der Waals surface area contributed by atoms with Crippen LogP contribution in [0.3, 0.4) is 0 Å². The fraction of sp³-hybridized carbons (Fsp3) is 0.350. The maximum Gasteiger partial charge on any atom is 0.251 e. The summed E-state index contributed by atoms with van der Waals surface area (Å²) in [6.45, 7) is 4.06. The van der Waals surface area contributed by atoms with Gasteiger partial charge in [-0.05, 0) is 31.5 Å². The van der Waals surface area contributed by atoms with Crippen LogP contribution in [0.25, 0.3) is 0 Å². The van der Waals surface area contributed by atoms with Crippen LogP contribution >= 0.6 is 0 Å². The van der Waals surface area contributed by atoms with Crippen molar-refractivity contribution < 1.29 is 14.3 Å². The van der Waals surface area contributed by atoms with E-state index in [4.69, 9.17) is 9.47 Å². The molecule has 24 heavy (non-hydrogen) atoms. The van der Waals surface area contributed by atoms with Gasteiger partial charge in [0.2, 0.25) is 0 Å². The molecule has 2 heterocycles. The topological polar surface area (TPSA) is 47.6 Å². The number of carbonyl (C=O) groups is 1. The molecule has 4 rings (SSSR count).